The second kappa shape index (κ2) is 6.93. The molecule has 0 heterocycles. The Labute approximate surface area is 116 Å². The first-order valence-electron chi connectivity index (χ1n) is 5.35. The van der Waals surface area contributed by atoms with Crippen molar-refractivity contribution in [1.82, 2.24) is 0 Å². The van der Waals surface area contributed by atoms with E-state index in [-0.39, 0.29) is 0 Å². The van der Waals surface area contributed by atoms with Gasteiger partial charge in [0, 0.05) is 43.0 Å². The Bertz CT molecular complexity index is 398. The number of benzene rings is 1. The molecule has 0 aliphatic carbocycles. The minimum absolute atomic E-state index is 0.422. The predicted molar refractivity (Wildman–Crippen MR) is 79.8 cm³/mol. The van der Waals surface area contributed by atoms with Gasteiger partial charge in [-0.1, -0.05) is 28.1 Å². The summed E-state index contributed by atoms with van der Waals surface area (Å²) in [4.78, 5) is 2.56. The average molecular weight is 317 g/mol. The van der Waals surface area contributed by atoms with Crippen LogP contribution in [0.2, 0.25) is 0 Å². The van der Waals surface area contributed by atoms with Crippen LogP contribution in [0.5, 0.6) is 0 Å². The molecule has 0 saturated heterocycles. The molecule has 0 radical (unpaired) electrons. The van der Waals surface area contributed by atoms with Crippen molar-refractivity contribution in [3.05, 3.63) is 28.2 Å². The van der Waals surface area contributed by atoms with Crippen LogP contribution in [0, 0.1) is 0 Å². The molecule has 3 nitrogen and oxygen atoms in total. The van der Waals surface area contributed by atoms with Gasteiger partial charge in [0.1, 0.15) is 4.99 Å². The molecule has 1 rings (SSSR count). The van der Waals surface area contributed by atoms with Crippen molar-refractivity contribution in [2.24, 2.45) is 5.73 Å². The van der Waals surface area contributed by atoms with E-state index >= 15 is 0 Å². The summed E-state index contributed by atoms with van der Waals surface area (Å²) in [7, 11) is 3.73. The lowest BCUT2D eigenvalue weighted by Gasteiger charge is -2.22. The summed E-state index contributed by atoms with van der Waals surface area (Å²) in [5.74, 6) is 0. The highest BCUT2D eigenvalue weighted by molar-refractivity contribution is 9.10. The molecule has 0 amide bonds. The van der Waals surface area contributed by atoms with Gasteiger partial charge in [-0.2, -0.15) is 0 Å². The Morgan fingerprint density at radius 1 is 1.53 bits per heavy atom. The van der Waals surface area contributed by atoms with Gasteiger partial charge in [-0.05, 0) is 24.6 Å². The van der Waals surface area contributed by atoms with E-state index in [0.29, 0.717) is 4.99 Å². The fourth-order valence-electron chi connectivity index (χ4n) is 1.60. The van der Waals surface area contributed by atoms with Crippen LogP contribution >= 0.6 is 28.1 Å². The molecule has 2 N–H and O–H groups in total. The van der Waals surface area contributed by atoms with Crippen molar-refractivity contribution in [2.75, 3.05) is 32.2 Å². The first-order chi connectivity index (χ1) is 8.06. The minimum atomic E-state index is 0.422. The zero-order valence-corrected chi connectivity index (χ0v) is 12.5. The molecule has 0 saturated carbocycles. The van der Waals surface area contributed by atoms with Gasteiger partial charge < -0.3 is 15.4 Å². The number of nitrogens with two attached hydrogens (primary N) is 1. The van der Waals surface area contributed by atoms with Gasteiger partial charge in [0.25, 0.3) is 0 Å². The summed E-state index contributed by atoms with van der Waals surface area (Å²) in [6.45, 7) is 1.65. The quantitative estimate of drug-likeness (QED) is 0.646. The number of ether oxygens (including phenoxy) is 1. The van der Waals surface area contributed by atoms with Crippen LogP contribution < -0.4 is 10.6 Å². The number of methoxy groups -OCH3 is 1. The van der Waals surface area contributed by atoms with E-state index in [2.05, 4.69) is 20.8 Å². The maximum atomic E-state index is 5.72. The molecule has 0 aromatic heterocycles. The molecule has 0 fully saturated rings. The van der Waals surface area contributed by atoms with E-state index in [4.69, 9.17) is 22.7 Å². The van der Waals surface area contributed by atoms with Crippen molar-refractivity contribution >= 4 is 38.8 Å². The van der Waals surface area contributed by atoms with E-state index in [1.807, 2.05) is 25.2 Å². The molecule has 5 heteroatoms. The second-order valence-corrected chi connectivity index (χ2v) is 5.15. The number of halogens is 1. The summed E-state index contributed by atoms with van der Waals surface area (Å²) in [5.41, 5.74) is 7.67. The van der Waals surface area contributed by atoms with Crippen molar-refractivity contribution in [3.8, 4) is 0 Å². The Hall–Kier alpha value is -0.650. The van der Waals surface area contributed by atoms with Gasteiger partial charge in [-0.15, -0.1) is 0 Å². The monoisotopic (exact) mass is 316 g/mol. The lowest BCUT2D eigenvalue weighted by Crippen LogP contribution is -2.23. The highest BCUT2D eigenvalue weighted by Gasteiger charge is 2.09. The van der Waals surface area contributed by atoms with Gasteiger partial charge in [0.2, 0.25) is 0 Å². The van der Waals surface area contributed by atoms with E-state index < -0.39 is 0 Å². The van der Waals surface area contributed by atoms with Crippen LogP contribution in [0.1, 0.15) is 12.0 Å². The highest BCUT2D eigenvalue weighted by Crippen LogP contribution is 2.24. The number of nitrogens with zero attached hydrogens (tertiary/aromatic N) is 1. The maximum absolute atomic E-state index is 5.72. The third kappa shape index (κ3) is 4.26. The molecule has 0 unspecified atom stereocenters. The Balaban J connectivity index is 2.86. The number of rotatable bonds is 6. The molecule has 0 bridgehead atoms. The zero-order chi connectivity index (χ0) is 12.8. The topological polar surface area (TPSA) is 38.5 Å². The van der Waals surface area contributed by atoms with Crippen LogP contribution in [0.3, 0.4) is 0 Å². The minimum Gasteiger partial charge on any atom is -0.389 e. The van der Waals surface area contributed by atoms with Gasteiger partial charge in [0.05, 0.1) is 0 Å². The first-order valence-corrected chi connectivity index (χ1v) is 6.56. The smallest absolute Gasteiger partial charge is 0.106 e. The highest BCUT2D eigenvalue weighted by atomic mass is 79.9. The number of thiocarbonyl (C=S) groups is 1. The Kier molecular flexibility index (Phi) is 5.88. The van der Waals surface area contributed by atoms with Crippen molar-refractivity contribution < 1.29 is 4.74 Å². The van der Waals surface area contributed by atoms with Crippen LogP contribution in [-0.2, 0) is 4.74 Å². The first kappa shape index (κ1) is 14.4. The summed E-state index contributed by atoms with van der Waals surface area (Å²) < 4.78 is 6.06. The fourth-order valence-corrected chi connectivity index (χ4v) is 2.12. The van der Waals surface area contributed by atoms with Gasteiger partial charge in [0.15, 0.2) is 0 Å². The van der Waals surface area contributed by atoms with Crippen molar-refractivity contribution in [3.63, 3.8) is 0 Å². The molecular formula is C12H17BrN2OS. The third-order valence-corrected chi connectivity index (χ3v) is 3.19. The molecule has 0 spiro atoms. The lowest BCUT2D eigenvalue weighted by atomic mass is 10.1. The molecule has 1 aromatic carbocycles. The lowest BCUT2D eigenvalue weighted by molar-refractivity contribution is 0.196. The van der Waals surface area contributed by atoms with E-state index in [1.54, 1.807) is 7.11 Å². The van der Waals surface area contributed by atoms with E-state index in [0.717, 1.165) is 35.3 Å². The largest absolute Gasteiger partial charge is 0.389 e. The number of anilines is 1. The number of hydrogen-bond acceptors (Lipinski definition) is 3. The standard InChI is InChI=1S/C12H17BrN2OS/c1-15(6-3-7-16-2)11-8-9(13)4-5-10(11)12(14)17/h4-5,8H,3,6-7H2,1-2H3,(H2,14,17). The van der Waals surface area contributed by atoms with Crippen molar-refractivity contribution in [1.29, 1.82) is 0 Å². The average Bonchev–Trinajstić information content (AvgIpc) is 2.28. The molecule has 1 aromatic rings. The molecule has 0 aliphatic heterocycles. The summed E-state index contributed by atoms with van der Waals surface area (Å²) in [6, 6.07) is 5.91. The third-order valence-electron chi connectivity index (χ3n) is 2.48. The van der Waals surface area contributed by atoms with E-state index in [9.17, 15) is 0 Å². The van der Waals surface area contributed by atoms with Crippen LogP contribution in [0.4, 0.5) is 5.69 Å². The molecule has 17 heavy (non-hydrogen) atoms. The normalized spacial score (nSPS) is 10.3. The summed E-state index contributed by atoms with van der Waals surface area (Å²) in [5, 5.41) is 0. The van der Waals surface area contributed by atoms with Gasteiger partial charge in [-0.25, -0.2) is 0 Å². The number of hydrogen-bond donors (Lipinski definition) is 1. The summed E-state index contributed by atoms with van der Waals surface area (Å²) in [6.07, 6.45) is 0.969. The van der Waals surface area contributed by atoms with Crippen LogP contribution in [0.25, 0.3) is 0 Å². The molecular weight excluding hydrogens is 300 g/mol. The van der Waals surface area contributed by atoms with Crippen LogP contribution in [-0.4, -0.2) is 32.3 Å². The SMILES string of the molecule is COCCCN(C)c1cc(Br)ccc1C(N)=S. The van der Waals surface area contributed by atoms with Crippen molar-refractivity contribution in [2.45, 2.75) is 6.42 Å². The zero-order valence-electron chi connectivity index (χ0n) is 10.1. The molecule has 0 aliphatic rings. The Morgan fingerprint density at radius 3 is 2.82 bits per heavy atom. The van der Waals surface area contributed by atoms with Gasteiger partial charge >= 0.3 is 0 Å². The molecule has 94 valence electrons. The Morgan fingerprint density at radius 2 is 2.24 bits per heavy atom. The predicted octanol–water partition coefficient (Wildman–Crippen LogP) is 2.56. The summed E-state index contributed by atoms with van der Waals surface area (Å²) >= 11 is 8.52. The maximum Gasteiger partial charge on any atom is 0.106 e. The fraction of sp³-hybridized carbons (Fsp3) is 0.417. The molecule has 0 atom stereocenters. The second-order valence-electron chi connectivity index (χ2n) is 3.79. The van der Waals surface area contributed by atoms with Gasteiger partial charge in [-0.3, -0.25) is 0 Å². The van der Waals surface area contributed by atoms with E-state index in [1.165, 1.54) is 0 Å². The van der Waals surface area contributed by atoms with Crippen LogP contribution in [0.15, 0.2) is 22.7 Å².